The summed E-state index contributed by atoms with van der Waals surface area (Å²) in [7, 11) is 0. The summed E-state index contributed by atoms with van der Waals surface area (Å²) in [6.45, 7) is 4.16. The smallest absolute Gasteiger partial charge is 0.327 e. The predicted octanol–water partition coefficient (Wildman–Crippen LogP) is 5.21. The van der Waals surface area contributed by atoms with Crippen LogP contribution in [0.3, 0.4) is 0 Å². The molecular formula is C30H32N2O5. The van der Waals surface area contributed by atoms with Crippen LogP contribution in [0.25, 0.3) is 0 Å². The monoisotopic (exact) mass is 500 g/mol. The number of benzene rings is 3. The van der Waals surface area contributed by atoms with Crippen molar-refractivity contribution in [2.45, 2.75) is 45.3 Å². The van der Waals surface area contributed by atoms with E-state index in [0.717, 1.165) is 11.1 Å². The van der Waals surface area contributed by atoms with E-state index in [0.29, 0.717) is 30.7 Å². The Hall–Kier alpha value is -4.13. The maximum Gasteiger partial charge on any atom is 0.327 e. The minimum Gasteiger partial charge on any atom is -0.481 e. The molecule has 0 bridgehead atoms. The number of hydrogen-bond donors (Lipinski definition) is 2. The summed E-state index contributed by atoms with van der Waals surface area (Å²) in [6.07, 6.45) is 0.219. The number of carboxylic acid groups (broad SMARTS) is 1. The van der Waals surface area contributed by atoms with E-state index in [4.69, 9.17) is 9.84 Å². The van der Waals surface area contributed by atoms with E-state index in [1.807, 2.05) is 74.5 Å². The molecule has 1 atom stereocenters. The molecule has 1 unspecified atom stereocenters. The van der Waals surface area contributed by atoms with Crippen molar-refractivity contribution in [1.29, 1.82) is 0 Å². The highest BCUT2D eigenvalue weighted by atomic mass is 16.5. The Bertz CT molecular complexity index is 1180. The van der Waals surface area contributed by atoms with Gasteiger partial charge < -0.3 is 15.2 Å². The second-order valence-corrected chi connectivity index (χ2v) is 9.28. The van der Waals surface area contributed by atoms with Crippen LogP contribution in [0.4, 0.5) is 4.79 Å². The van der Waals surface area contributed by atoms with Crippen LogP contribution in [0.15, 0.2) is 84.9 Å². The molecule has 1 saturated heterocycles. The standard InChI is InChI=1S/C30H32N2O5/c1-3-30(4-2)27(35)32(28(30)37-24-17-15-21(16-18-24)19-26(33)34)29(36)31-20-25(22-11-7-5-8-12-22)23-13-9-6-10-14-23/h5-18,25,28H,3-4,19-20H2,1-2H3,(H,31,36)(H,33,34). The summed E-state index contributed by atoms with van der Waals surface area (Å²) >= 11 is 0. The van der Waals surface area contributed by atoms with Gasteiger partial charge >= 0.3 is 12.0 Å². The number of β-lactam (4-membered cyclic amide) rings is 1. The SMILES string of the molecule is CCC1(CC)C(=O)N(C(=O)NCC(c2ccccc2)c2ccccc2)C1Oc1ccc(CC(=O)O)cc1. The quantitative estimate of drug-likeness (QED) is 0.373. The lowest BCUT2D eigenvalue weighted by atomic mass is 9.72. The van der Waals surface area contributed by atoms with E-state index in [-0.39, 0.29) is 18.2 Å². The third kappa shape index (κ3) is 5.35. The van der Waals surface area contributed by atoms with Crippen LogP contribution in [0.5, 0.6) is 5.75 Å². The number of ether oxygens (including phenoxy) is 1. The molecule has 0 saturated carbocycles. The van der Waals surface area contributed by atoms with Gasteiger partial charge in [-0.15, -0.1) is 0 Å². The van der Waals surface area contributed by atoms with Gasteiger partial charge in [0.15, 0.2) is 6.23 Å². The molecule has 1 fully saturated rings. The average Bonchev–Trinajstić information content (AvgIpc) is 2.91. The van der Waals surface area contributed by atoms with Gasteiger partial charge in [-0.05, 0) is 41.7 Å². The number of rotatable bonds is 10. The molecule has 4 rings (SSSR count). The number of nitrogens with zero attached hydrogens (tertiary/aromatic N) is 1. The highest BCUT2D eigenvalue weighted by Crippen LogP contribution is 2.46. The molecule has 0 radical (unpaired) electrons. The van der Waals surface area contributed by atoms with Crippen LogP contribution < -0.4 is 10.1 Å². The maximum absolute atomic E-state index is 13.3. The summed E-state index contributed by atoms with van der Waals surface area (Å²) < 4.78 is 6.19. The number of carbonyl (C=O) groups is 3. The van der Waals surface area contributed by atoms with Crippen LogP contribution in [0, 0.1) is 5.41 Å². The first-order valence-electron chi connectivity index (χ1n) is 12.6. The molecule has 7 nitrogen and oxygen atoms in total. The second kappa shape index (κ2) is 11.3. The van der Waals surface area contributed by atoms with Crippen molar-refractivity contribution in [2.24, 2.45) is 5.41 Å². The summed E-state index contributed by atoms with van der Waals surface area (Å²) in [5.41, 5.74) is 1.98. The van der Waals surface area contributed by atoms with Crippen molar-refractivity contribution in [2.75, 3.05) is 6.54 Å². The van der Waals surface area contributed by atoms with E-state index in [1.54, 1.807) is 24.3 Å². The van der Waals surface area contributed by atoms with Crippen LogP contribution >= 0.6 is 0 Å². The Kier molecular flexibility index (Phi) is 7.92. The fourth-order valence-corrected chi connectivity index (χ4v) is 4.96. The largest absolute Gasteiger partial charge is 0.481 e. The van der Waals surface area contributed by atoms with Crippen molar-refractivity contribution >= 4 is 17.9 Å². The topological polar surface area (TPSA) is 95.9 Å². The highest BCUT2D eigenvalue weighted by molar-refractivity contribution is 6.03. The average molecular weight is 501 g/mol. The van der Waals surface area contributed by atoms with E-state index in [9.17, 15) is 14.4 Å². The number of imide groups is 1. The Morgan fingerprint density at radius 2 is 1.46 bits per heavy atom. The molecule has 1 heterocycles. The van der Waals surface area contributed by atoms with Crippen molar-refractivity contribution in [1.82, 2.24) is 10.2 Å². The van der Waals surface area contributed by atoms with Gasteiger partial charge in [0.25, 0.3) is 0 Å². The van der Waals surface area contributed by atoms with E-state index >= 15 is 0 Å². The molecule has 0 aromatic heterocycles. The summed E-state index contributed by atoms with van der Waals surface area (Å²) in [5.74, 6) is -0.770. The first-order chi connectivity index (χ1) is 17.9. The summed E-state index contributed by atoms with van der Waals surface area (Å²) in [4.78, 5) is 38.8. The van der Waals surface area contributed by atoms with Gasteiger partial charge in [0.2, 0.25) is 5.91 Å². The van der Waals surface area contributed by atoms with Gasteiger partial charge in [0, 0.05) is 12.5 Å². The third-order valence-electron chi connectivity index (χ3n) is 7.22. The number of hydrogen-bond acceptors (Lipinski definition) is 4. The molecule has 2 N–H and O–H groups in total. The molecule has 192 valence electrons. The molecule has 0 aliphatic carbocycles. The first-order valence-corrected chi connectivity index (χ1v) is 12.6. The Morgan fingerprint density at radius 3 is 1.95 bits per heavy atom. The van der Waals surface area contributed by atoms with Crippen LogP contribution in [0.2, 0.25) is 0 Å². The minimum atomic E-state index is -0.915. The second-order valence-electron chi connectivity index (χ2n) is 9.28. The Balaban J connectivity index is 1.52. The van der Waals surface area contributed by atoms with Crippen molar-refractivity contribution in [3.63, 3.8) is 0 Å². The van der Waals surface area contributed by atoms with Crippen LogP contribution in [-0.4, -0.2) is 40.7 Å². The first kappa shape index (κ1) is 25.9. The predicted molar refractivity (Wildman–Crippen MR) is 140 cm³/mol. The van der Waals surface area contributed by atoms with Gasteiger partial charge in [-0.2, -0.15) is 0 Å². The molecule has 0 spiro atoms. The molecule has 3 aromatic carbocycles. The van der Waals surface area contributed by atoms with Gasteiger partial charge in [-0.1, -0.05) is 86.6 Å². The van der Waals surface area contributed by atoms with Crippen LogP contribution in [0.1, 0.15) is 49.3 Å². The fraction of sp³-hybridized carbons (Fsp3) is 0.300. The maximum atomic E-state index is 13.3. The van der Waals surface area contributed by atoms with Crippen molar-refractivity contribution < 1.29 is 24.2 Å². The summed E-state index contributed by atoms with van der Waals surface area (Å²) in [5, 5.41) is 12.0. The lowest BCUT2D eigenvalue weighted by molar-refractivity contribution is -0.190. The minimum absolute atomic E-state index is 0.0778. The Morgan fingerprint density at radius 1 is 0.919 bits per heavy atom. The third-order valence-corrected chi connectivity index (χ3v) is 7.22. The molecule has 3 aromatic rings. The van der Waals surface area contributed by atoms with Crippen LogP contribution in [-0.2, 0) is 16.0 Å². The zero-order valence-corrected chi connectivity index (χ0v) is 21.1. The number of likely N-dealkylation sites (tertiary alicyclic amines) is 1. The zero-order chi connectivity index (χ0) is 26.4. The molecule has 1 aliphatic heterocycles. The Labute approximate surface area is 217 Å². The number of nitrogens with one attached hydrogen (secondary N) is 1. The normalized spacial score (nSPS) is 16.2. The van der Waals surface area contributed by atoms with E-state index < -0.39 is 23.6 Å². The number of urea groups is 1. The fourth-order valence-electron chi connectivity index (χ4n) is 4.96. The molecule has 7 heteroatoms. The highest BCUT2D eigenvalue weighted by Gasteiger charge is 2.62. The summed E-state index contributed by atoms with van der Waals surface area (Å²) in [6, 6.07) is 26.1. The number of aliphatic carboxylic acids is 1. The lowest BCUT2D eigenvalue weighted by Crippen LogP contribution is -2.73. The van der Waals surface area contributed by atoms with Crippen molar-refractivity contribution in [3.05, 3.63) is 102 Å². The van der Waals surface area contributed by atoms with Gasteiger partial charge in [0.05, 0.1) is 6.42 Å². The van der Waals surface area contributed by atoms with Crippen molar-refractivity contribution in [3.8, 4) is 5.75 Å². The molecule has 1 aliphatic rings. The number of amides is 3. The van der Waals surface area contributed by atoms with E-state index in [2.05, 4.69) is 5.32 Å². The van der Waals surface area contributed by atoms with Gasteiger partial charge in [-0.25, -0.2) is 9.69 Å². The molecule has 37 heavy (non-hydrogen) atoms. The zero-order valence-electron chi connectivity index (χ0n) is 21.1. The van der Waals surface area contributed by atoms with E-state index in [1.165, 1.54) is 4.90 Å². The number of carboxylic acids is 1. The molecular weight excluding hydrogens is 468 g/mol. The number of carbonyl (C=O) groups excluding carboxylic acids is 2. The lowest BCUT2D eigenvalue weighted by Gasteiger charge is -2.53. The molecule has 3 amide bonds. The van der Waals surface area contributed by atoms with Gasteiger partial charge in [-0.3, -0.25) is 9.59 Å². The van der Waals surface area contributed by atoms with Gasteiger partial charge in [0.1, 0.15) is 11.2 Å².